The molecule has 4 aromatic rings. The summed E-state index contributed by atoms with van der Waals surface area (Å²) in [5.74, 6) is -0.335. The smallest absolute Gasteiger partial charge is 0.294 e. The molecule has 2 aromatic carbocycles. The number of nitrogens with one attached hydrogen (secondary N) is 1. The van der Waals surface area contributed by atoms with Crippen LogP contribution in [0, 0.1) is 13.8 Å². The molecule has 0 aliphatic heterocycles. The van der Waals surface area contributed by atoms with Crippen molar-refractivity contribution in [2.45, 2.75) is 20.4 Å². The van der Waals surface area contributed by atoms with Crippen LogP contribution in [0.5, 0.6) is 0 Å². The number of fused-ring (bicyclic) bond motifs is 1. The summed E-state index contributed by atoms with van der Waals surface area (Å²) in [5.41, 5.74) is 3.03. The first-order valence-electron chi connectivity index (χ1n) is 8.91. The highest BCUT2D eigenvalue weighted by molar-refractivity contribution is 7.19. The third kappa shape index (κ3) is 4.06. The van der Waals surface area contributed by atoms with Gasteiger partial charge in [0.1, 0.15) is 12.2 Å². The van der Waals surface area contributed by atoms with Gasteiger partial charge < -0.3 is 5.32 Å². The van der Waals surface area contributed by atoms with Crippen LogP contribution in [0.4, 0.5) is 5.69 Å². The Kier molecular flexibility index (Phi) is 5.17. The number of thiazole rings is 1. The fourth-order valence-corrected chi connectivity index (χ4v) is 4.07. The average molecular weight is 425 g/mol. The number of anilines is 1. The summed E-state index contributed by atoms with van der Waals surface area (Å²) in [5, 5.41) is 8.66. The first-order chi connectivity index (χ1) is 13.9. The summed E-state index contributed by atoms with van der Waals surface area (Å²) in [6, 6.07) is 14.7. The van der Waals surface area contributed by atoms with Crippen LogP contribution < -0.4 is 10.9 Å². The standard InChI is InChI=1S/C21H17ClN4O2S/c1-12-4-3-5-16(10-12)24-17(27)11-26-21(28)19-20(29-13(2)23-19)18(25-26)14-6-8-15(22)9-7-14/h3-10H,11H2,1-2H3,(H,24,27). The Morgan fingerprint density at radius 2 is 1.93 bits per heavy atom. The van der Waals surface area contributed by atoms with E-state index in [1.165, 1.54) is 11.3 Å². The zero-order chi connectivity index (χ0) is 20.5. The molecule has 0 saturated heterocycles. The molecule has 0 atom stereocenters. The molecule has 2 aromatic heterocycles. The lowest BCUT2D eigenvalue weighted by atomic mass is 10.1. The maximum absolute atomic E-state index is 12.9. The Morgan fingerprint density at radius 1 is 1.17 bits per heavy atom. The molecule has 0 spiro atoms. The van der Waals surface area contributed by atoms with Gasteiger partial charge in [0.25, 0.3) is 5.56 Å². The van der Waals surface area contributed by atoms with Crippen LogP contribution in [0.25, 0.3) is 21.5 Å². The zero-order valence-corrected chi connectivity index (χ0v) is 17.3. The van der Waals surface area contributed by atoms with Crippen LogP contribution in [-0.2, 0) is 11.3 Å². The molecule has 6 nitrogen and oxygen atoms in total. The van der Waals surface area contributed by atoms with Crippen molar-refractivity contribution in [1.82, 2.24) is 14.8 Å². The van der Waals surface area contributed by atoms with Crippen LogP contribution in [0.15, 0.2) is 53.3 Å². The van der Waals surface area contributed by atoms with Gasteiger partial charge in [-0.1, -0.05) is 35.9 Å². The van der Waals surface area contributed by atoms with Gasteiger partial charge in [0.2, 0.25) is 5.91 Å². The van der Waals surface area contributed by atoms with Crippen molar-refractivity contribution < 1.29 is 4.79 Å². The van der Waals surface area contributed by atoms with Gasteiger partial charge in [-0.05, 0) is 43.7 Å². The van der Waals surface area contributed by atoms with E-state index in [4.69, 9.17) is 11.6 Å². The molecule has 0 unspecified atom stereocenters. The summed E-state index contributed by atoms with van der Waals surface area (Å²) < 4.78 is 1.86. The number of amides is 1. The Labute approximate surface area is 175 Å². The quantitative estimate of drug-likeness (QED) is 0.525. The van der Waals surface area contributed by atoms with Gasteiger partial charge in [-0.25, -0.2) is 9.67 Å². The molecule has 0 radical (unpaired) electrons. The number of rotatable bonds is 4. The highest BCUT2D eigenvalue weighted by Gasteiger charge is 2.18. The summed E-state index contributed by atoms with van der Waals surface area (Å²) >= 11 is 7.40. The van der Waals surface area contributed by atoms with Crippen molar-refractivity contribution in [2.75, 3.05) is 5.32 Å². The van der Waals surface area contributed by atoms with Gasteiger partial charge in [0, 0.05) is 16.3 Å². The highest BCUT2D eigenvalue weighted by Crippen LogP contribution is 2.30. The number of aromatic nitrogens is 3. The molecule has 1 N–H and O–H groups in total. The molecule has 2 heterocycles. The second-order valence-electron chi connectivity index (χ2n) is 6.65. The number of carbonyl (C=O) groups excluding carboxylic acids is 1. The van der Waals surface area contributed by atoms with Crippen molar-refractivity contribution in [3.8, 4) is 11.3 Å². The van der Waals surface area contributed by atoms with Gasteiger partial charge in [-0.2, -0.15) is 5.10 Å². The first-order valence-corrected chi connectivity index (χ1v) is 10.1. The predicted molar refractivity (Wildman–Crippen MR) is 117 cm³/mol. The molecule has 1 amide bonds. The van der Waals surface area contributed by atoms with E-state index in [0.29, 0.717) is 26.6 Å². The second kappa shape index (κ2) is 7.77. The van der Waals surface area contributed by atoms with E-state index in [0.717, 1.165) is 20.8 Å². The van der Waals surface area contributed by atoms with Crippen molar-refractivity contribution in [3.63, 3.8) is 0 Å². The molecule has 29 heavy (non-hydrogen) atoms. The average Bonchev–Trinajstić information content (AvgIpc) is 3.07. The van der Waals surface area contributed by atoms with Gasteiger partial charge >= 0.3 is 0 Å². The van der Waals surface area contributed by atoms with Gasteiger partial charge in [0.05, 0.1) is 9.71 Å². The number of hydrogen-bond acceptors (Lipinski definition) is 5. The van der Waals surface area contributed by atoms with E-state index >= 15 is 0 Å². The molecule has 0 aliphatic rings. The van der Waals surface area contributed by atoms with Crippen LogP contribution in [0.3, 0.4) is 0 Å². The molecule has 8 heteroatoms. The summed E-state index contributed by atoms with van der Waals surface area (Å²) in [6.45, 7) is 3.57. The summed E-state index contributed by atoms with van der Waals surface area (Å²) in [4.78, 5) is 29.8. The van der Waals surface area contributed by atoms with Crippen molar-refractivity contribution in [3.05, 3.63) is 74.5 Å². The molecule has 0 bridgehead atoms. The van der Waals surface area contributed by atoms with Crippen LogP contribution in [-0.4, -0.2) is 20.7 Å². The van der Waals surface area contributed by atoms with E-state index in [1.54, 1.807) is 18.2 Å². The number of hydrogen-bond donors (Lipinski definition) is 1. The van der Waals surface area contributed by atoms with Crippen molar-refractivity contribution >= 4 is 44.7 Å². The largest absolute Gasteiger partial charge is 0.324 e. The Bertz CT molecular complexity index is 1280. The fourth-order valence-electron chi connectivity index (χ4n) is 3.03. The predicted octanol–water partition coefficient (Wildman–Crippen LogP) is 4.43. The third-order valence-electron chi connectivity index (χ3n) is 4.32. The minimum atomic E-state index is -0.388. The third-order valence-corrected chi connectivity index (χ3v) is 5.55. The monoisotopic (exact) mass is 424 g/mol. The van der Waals surface area contributed by atoms with E-state index < -0.39 is 0 Å². The van der Waals surface area contributed by atoms with Gasteiger partial charge in [-0.3, -0.25) is 9.59 Å². The number of nitrogens with zero attached hydrogens (tertiary/aromatic N) is 3. The summed E-state index contributed by atoms with van der Waals surface area (Å²) in [6.07, 6.45) is 0. The fraction of sp³-hybridized carbons (Fsp3) is 0.143. The van der Waals surface area contributed by atoms with Crippen LogP contribution in [0.2, 0.25) is 5.02 Å². The Hall–Kier alpha value is -3.03. The Morgan fingerprint density at radius 3 is 2.66 bits per heavy atom. The van der Waals surface area contributed by atoms with Crippen molar-refractivity contribution in [1.29, 1.82) is 0 Å². The van der Waals surface area contributed by atoms with Crippen LogP contribution in [0.1, 0.15) is 10.6 Å². The molecule has 0 fully saturated rings. The second-order valence-corrected chi connectivity index (χ2v) is 8.29. The lowest BCUT2D eigenvalue weighted by molar-refractivity contribution is -0.117. The normalized spacial score (nSPS) is 11.0. The molecule has 0 saturated carbocycles. The topological polar surface area (TPSA) is 76.9 Å². The number of aryl methyl sites for hydroxylation is 2. The zero-order valence-electron chi connectivity index (χ0n) is 15.8. The Balaban J connectivity index is 1.74. The van der Waals surface area contributed by atoms with E-state index in [1.807, 2.05) is 44.2 Å². The lowest BCUT2D eigenvalue weighted by Gasteiger charge is -2.10. The number of halogens is 1. The highest BCUT2D eigenvalue weighted by atomic mass is 35.5. The maximum Gasteiger partial charge on any atom is 0.294 e. The van der Waals surface area contributed by atoms with E-state index in [2.05, 4.69) is 15.4 Å². The van der Waals surface area contributed by atoms with E-state index in [-0.39, 0.29) is 18.0 Å². The van der Waals surface area contributed by atoms with Gasteiger partial charge in [0.15, 0.2) is 5.52 Å². The number of benzene rings is 2. The molecule has 4 rings (SSSR count). The molecular formula is C21H17ClN4O2S. The molecule has 146 valence electrons. The lowest BCUT2D eigenvalue weighted by Crippen LogP contribution is -2.30. The maximum atomic E-state index is 12.9. The molecular weight excluding hydrogens is 408 g/mol. The molecule has 0 aliphatic carbocycles. The first kappa shape index (κ1) is 19.3. The van der Waals surface area contributed by atoms with E-state index in [9.17, 15) is 9.59 Å². The van der Waals surface area contributed by atoms with Gasteiger partial charge in [-0.15, -0.1) is 11.3 Å². The minimum absolute atomic E-state index is 0.208. The SMILES string of the molecule is Cc1cccc(NC(=O)Cn2nc(-c3ccc(Cl)cc3)c3sc(C)nc3c2=O)c1. The minimum Gasteiger partial charge on any atom is -0.324 e. The number of carbonyl (C=O) groups is 1. The van der Waals surface area contributed by atoms with Crippen molar-refractivity contribution in [2.24, 2.45) is 0 Å². The summed E-state index contributed by atoms with van der Waals surface area (Å²) in [7, 11) is 0. The van der Waals surface area contributed by atoms with Crippen LogP contribution >= 0.6 is 22.9 Å².